The molecule has 16 heavy (non-hydrogen) atoms. The Morgan fingerprint density at radius 1 is 1.38 bits per heavy atom. The van der Waals surface area contributed by atoms with Crippen molar-refractivity contribution in [3.05, 3.63) is 23.3 Å². The van der Waals surface area contributed by atoms with Crippen LogP contribution in [0.15, 0.2) is 12.1 Å². The molecule has 1 heterocycles. The standard InChI is InChI=1S/C11H12O5/c1-14-6-3-7-9(5-12)16-11(13)10(7)8(4-6)15-2/h3-4,9,12H,5H2,1-2H3. The van der Waals surface area contributed by atoms with Gasteiger partial charge in [0.15, 0.2) is 6.10 Å². The maximum atomic E-state index is 11.6. The number of hydrogen-bond acceptors (Lipinski definition) is 5. The molecule has 0 saturated carbocycles. The molecule has 2 rings (SSSR count). The summed E-state index contributed by atoms with van der Waals surface area (Å²) in [7, 11) is 2.99. The zero-order chi connectivity index (χ0) is 11.7. The van der Waals surface area contributed by atoms with E-state index in [4.69, 9.17) is 19.3 Å². The first-order valence-corrected chi connectivity index (χ1v) is 4.79. The van der Waals surface area contributed by atoms with Gasteiger partial charge < -0.3 is 19.3 Å². The summed E-state index contributed by atoms with van der Waals surface area (Å²) in [6.07, 6.45) is -0.633. The monoisotopic (exact) mass is 224 g/mol. The van der Waals surface area contributed by atoms with E-state index in [1.165, 1.54) is 14.2 Å². The van der Waals surface area contributed by atoms with Crippen LogP contribution < -0.4 is 9.47 Å². The van der Waals surface area contributed by atoms with E-state index in [0.717, 1.165) is 0 Å². The minimum Gasteiger partial charge on any atom is -0.497 e. The SMILES string of the molecule is COc1cc(OC)c2c(c1)C(CO)OC2=O. The molecule has 5 nitrogen and oxygen atoms in total. The van der Waals surface area contributed by atoms with Gasteiger partial charge in [-0.1, -0.05) is 0 Å². The summed E-state index contributed by atoms with van der Waals surface area (Å²) in [6.45, 7) is -0.255. The molecule has 1 N–H and O–H groups in total. The number of carbonyl (C=O) groups excluding carboxylic acids is 1. The summed E-state index contributed by atoms with van der Waals surface area (Å²) in [5.41, 5.74) is 0.964. The number of rotatable bonds is 3. The van der Waals surface area contributed by atoms with Gasteiger partial charge in [0.05, 0.1) is 20.8 Å². The van der Waals surface area contributed by atoms with Crippen molar-refractivity contribution >= 4 is 5.97 Å². The normalized spacial score (nSPS) is 17.9. The van der Waals surface area contributed by atoms with Crippen LogP contribution in [-0.2, 0) is 4.74 Å². The van der Waals surface area contributed by atoms with Gasteiger partial charge in [-0.2, -0.15) is 0 Å². The van der Waals surface area contributed by atoms with Crippen LogP contribution in [-0.4, -0.2) is 31.9 Å². The highest BCUT2D eigenvalue weighted by Crippen LogP contribution is 2.39. The van der Waals surface area contributed by atoms with Crippen molar-refractivity contribution in [1.82, 2.24) is 0 Å². The molecule has 1 aliphatic heterocycles. The molecule has 1 unspecified atom stereocenters. The molecule has 5 heteroatoms. The molecule has 1 atom stereocenters. The maximum absolute atomic E-state index is 11.6. The second kappa shape index (κ2) is 4.02. The molecule has 0 bridgehead atoms. The van der Waals surface area contributed by atoms with Gasteiger partial charge in [-0.15, -0.1) is 0 Å². The van der Waals surface area contributed by atoms with E-state index >= 15 is 0 Å². The molecule has 0 aliphatic carbocycles. The molecule has 0 radical (unpaired) electrons. The quantitative estimate of drug-likeness (QED) is 0.773. The van der Waals surface area contributed by atoms with Crippen LogP contribution in [0.4, 0.5) is 0 Å². The van der Waals surface area contributed by atoms with E-state index in [2.05, 4.69) is 0 Å². The number of methoxy groups -OCH3 is 2. The summed E-state index contributed by atoms with van der Waals surface area (Å²) in [5.74, 6) is 0.483. The van der Waals surface area contributed by atoms with Crippen LogP contribution in [0.3, 0.4) is 0 Å². The van der Waals surface area contributed by atoms with Crippen molar-refractivity contribution in [2.45, 2.75) is 6.10 Å². The van der Waals surface area contributed by atoms with E-state index in [1.54, 1.807) is 12.1 Å². The van der Waals surface area contributed by atoms with Crippen molar-refractivity contribution in [1.29, 1.82) is 0 Å². The smallest absolute Gasteiger partial charge is 0.343 e. The summed E-state index contributed by atoms with van der Waals surface area (Å²) >= 11 is 0. The lowest BCUT2D eigenvalue weighted by Gasteiger charge is -2.09. The number of fused-ring (bicyclic) bond motifs is 1. The van der Waals surface area contributed by atoms with Crippen LogP contribution in [0.25, 0.3) is 0 Å². The predicted molar refractivity (Wildman–Crippen MR) is 54.8 cm³/mol. The molecule has 86 valence electrons. The summed E-state index contributed by atoms with van der Waals surface area (Å²) in [6, 6.07) is 3.28. The average Bonchev–Trinajstić information content (AvgIpc) is 2.65. The molecular formula is C11H12O5. The Kier molecular flexibility index (Phi) is 2.70. The molecule has 0 amide bonds. The van der Waals surface area contributed by atoms with Crippen molar-refractivity contribution in [2.24, 2.45) is 0 Å². The molecule has 0 saturated heterocycles. The molecule has 1 aliphatic rings. The molecule has 1 aromatic carbocycles. The summed E-state index contributed by atoms with van der Waals surface area (Å²) in [5, 5.41) is 9.10. The largest absolute Gasteiger partial charge is 0.497 e. The topological polar surface area (TPSA) is 65.0 Å². The Hall–Kier alpha value is -1.75. The van der Waals surface area contributed by atoms with Gasteiger partial charge in [0, 0.05) is 11.6 Å². The third-order valence-corrected chi connectivity index (χ3v) is 2.53. The van der Waals surface area contributed by atoms with Gasteiger partial charge in [0.1, 0.15) is 17.1 Å². The van der Waals surface area contributed by atoms with E-state index < -0.39 is 12.1 Å². The average molecular weight is 224 g/mol. The number of ether oxygens (including phenoxy) is 3. The first-order valence-electron chi connectivity index (χ1n) is 4.79. The minimum absolute atomic E-state index is 0.255. The fourth-order valence-corrected chi connectivity index (χ4v) is 1.75. The number of hydrogen-bond donors (Lipinski definition) is 1. The number of cyclic esters (lactones) is 1. The van der Waals surface area contributed by atoms with Gasteiger partial charge in [-0.25, -0.2) is 4.79 Å². The van der Waals surface area contributed by atoms with E-state index in [-0.39, 0.29) is 6.61 Å². The van der Waals surface area contributed by atoms with Gasteiger partial charge >= 0.3 is 5.97 Å². The lowest BCUT2D eigenvalue weighted by atomic mass is 10.0. The predicted octanol–water partition coefficient (Wildman–Crippen LogP) is 0.908. The van der Waals surface area contributed by atoms with Crippen molar-refractivity contribution in [3.8, 4) is 11.5 Å². The second-order valence-electron chi connectivity index (χ2n) is 3.37. The van der Waals surface area contributed by atoms with E-state index in [9.17, 15) is 4.79 Å². The number of aliphatic hydroxyl groups excluding tert-OH is 1. The highest BCUT2D eigenvalue weighted by molar-refractivity contribution is 5.97. The maximum Gasteiger partial charge on any atom is 0.343 e. The van der Waals surface area contributed by atoms with Gasteiger partial charge in [-0.05, 0) is 6.07 Å². The first kappa shape index (κ1) is 10.8. The number of carbonyl (C=O) groups is 1. The first-order chi connectivity index (χ1) is 7.71. The molecule has 0 fully saturated rings. The number of benzene rings is 1. The number of aliphatic hydroxyl groups is 1. The van der Waals surface area contributed by atoms with E-state index in [1.807, 2.05) is 0 Å². The van der Waals surface area contributed by atoms with Crippen molar-refractivity contribution in [3.63, 3.8) is 0 Å². The summed E-state index contributed by atoms with van der Waals surface area (Å²) in [4.78, 5) is 11.6. The third-order valence-electron chi connectivity index (χ3n) is 2.53. The number of esters is 1. The molecule has 1 aromatic rings. The fraction of sp³-hybridized carbons (Fsp3) is 0.364. The third kappa shape index (κ3) is 1.49. The molecular weight excluding hydrogens is 212 g/mol. The van der Waals surface area contributed by atoms with Gasteiger partial charge in [0.2, 0.25) is 0 Å². The fourth-order valence-electron chi connectivity index (χ4n) is 1.75. The second-order valence-corrected chi connectivity index (χ2v) is 3.37. The van der Waals surface area contributed by atoms with E-state index in [0.29, 0.717) is 22.6 Å². The highest BCUT2D eigenvalue weighted by atomic mass is 16.6. The Bertz CT molecular complexity index is 427. The Labute approximate surface area is 92.5 Å². The Balaban J connectivity index is 2.59. The van der Waals surface area contributed by atoms with Gasteiger partial charge in [0.25, 0.3) is 0 Å². The van der Waals surface area contributed by atoms with Crippen LogP contribution in [0.1, 0.15) is 22.0 Å². The summed E-state index contributed by atoms with van der Waals surface area (Å²) < 4.78 is 15.2. The lowest BCUT2D eigenvalue weighted by Crippen LogP contribution is -2.02. The van der Waals surface area contributed by atoms with Crippen LogP contribution in [0.5, 0.6) is 11.5 Å². The zero-order valence-electron chi connectivity index (χ0n) is 9.02. The van der Waals surface area contributed by atoms with Crippen molar-refractivity contribution < 1.29 is 24.1 Å². The van der Waals surface area contributed by atoms with Crippen molar-refractivity contribution in [2.75, 3.05) is 20.8 Å². The zero-order valence-corrected chi connectivity index (χ0v) is 9.02. The highest BCUT2D eigenvalue weighted by Gasteiger charge is 2.34. The molecule has 0 spiro atoms. The lowest BCUT2D eigenvalue weighted by molar-refractivity contribution is 0.0234. The Morgan fingerprint density at radius 2 is 2.12 bits per heavy atom. The Morgan fingerprint density at radius 3 is 2.69 bits per heavy atom. The van der Waals surface area contributed by atoms with Crippen LogP contribution >= 0.6 is 0 Å². The van der Waals surface area contributed by atoms with Gasteiger partial charge in [-0.3, -0.25) is 0 Å². The van der Waals surface area contributed by atoms with Crippen LogP contribution in [0, 0.1) is 0 Å². The molecule has 0 aromatic heterocycles. The minimum atomic E-state index is -0.633. The van der Waals surface area contributed by atoms with Crippen LogP contribution in [0.2, 0.25) is 0 Å².